The quantitative estimate of drug-likeness (QED) is 0.881. The number of halogens is 3. The van der Waals surface area contributed by atoms with E-state index < -0.39 is 11.7 Å². The van der Waals surface area contributed by atoms with Crippen molar-refractivity contribution in [2.45, 2.75) is 37.9 Å². The second-order valence-electron chi connectivity index (χ2n) is 5.16. The number of alkyl halides is 3. The van der Waals surface area contributed by atoms with Crippen molar-refractivity contribution in [3.63, 3.8) is 0 Å². The second kappa shape index (κ2) is 5.82. The molecule has 2 nitrogen and oxygen atoms in total. The number of benzene rings is 1. The highest BCUT2D eigenvalue weighted by atomic mass is 19.4. The lowest BCUT2D eigenvalue weighted by atomic mass is 9.85. The summed E-state index contributed by atoms with van der Waals surface area (Å²) < 4.78 is 37.2. The van der Waals surface area contributed by atoms with Gasteiger partial charge in [0.2, 0.25) is 0 Å². The summed E-state index contributed by atoms with van der Waals surface area (Å²) in [6, 6.07) is 5.34. The van der Waals surface area contributed by atoms with Crippen LogP contribution in [0.2, 0.25) is 0 Å². The first kappa shape index (κ1) is 14.2. The molecule has 2 unspecified atom stereocenters. The van der Waals surface area contributed by atoms with Crippen molar-refractivity contribution in [3.8, 4) is 0 Å². The molecule has 0 spiro atoms. The molecule has 0 saturated heterocycles. The molecule has 1 aromatic carbocycles. The van der Waals surface area contributed by atoms with Crippen LogP contribution in [0, 0.1) is 5.92 Å². The summed E-state index contributed by atoms with van der Waals surface area (Å²) in [6.07, 6.45) is 0.226. The van der Waals surface area contributed by atoms with E-state index in [1.807, 2.05) is 0 Å². The minimum atomic E-state index is -4.27. The molecule has 1 fully saturated rings. The molecule has 0 aromatic heterocycles. The van der Waals surface area contributed by atoms with Crippen LogP contribution < -0.4 is 11.1 Å². The summed E-state index contributed by atoms with van der Waals surface area (Å²) in [7, 11) is 0. The molecule has 2 atom stereocenters. The Labute approximate surface area is 111 Å². The van der Waals surface area contributed by atoms with Crippen LogP contribution in [-0.4, -0.2) is 12.6 Å². The van der Waals surface area contributed by atoms with Crippen molar-refractivity contribution in [1.82, 2.24) is 0 Å². The maximum atomic E-state index is 12.4. The van der Waals surface area contributed by atoms with Gasteiger partial charge in [0.15, 0.2) is 0 Å². The van der Waals surface area contributed by atoms with E-state index in [0.717, 1.165) is 31.5 Å². The third-order valence-corrected chi connectivity index (χ3v) is 3.75. The van der Waals surface area contributed by atoms with Gasteiger partial charge in [-0.05, 0) is 43.0 Å². The van der Waals surface area contributed by atoms with Gasteiger partial charge in [0.05, 0.1) is 5.56 Å². The van der Waals surface area contributed by atoms with Crippen LogP contribution in [-0.2, 0) is 6.18 Å². The lowest BCUT2D eigenvalue weighted by Crippen LogP contribution is -2.37. The number of nitrogens with one attached hydrogen (secondary N) is 1. The molecule has 106 valence electrons. The molecule has 0 amide bonds. The number of rotatable bonds is 3. The van der Waals surface area contributed by atoms with Gasteiger partial charge in [0, 0.05) is 18.3 Å². The zero-order chi connectivity index (χ0) is 13.9. The molecular weight excluding hydrogens is 253 g/mol. The summed E-state index contributed by atoms with van der Waals surface area (Å²) >= 11 is 0. The fourth-order valence-electron chi connectivity index (χ4n) is 2.52. The lowest BCUT2D eigenvalue weighted by molar-refractivity contribution is -0.137. The predicted molar refractivity (Wildman–Crippen MR) is 69.9 cm³/mol. The van der Waals surface area contributed by atoms with Gasteiger partial charge >= 0.3 is 6.18 Å². The fourth-order valence-corrected chi connectivity index (χ4v) is 2.52. The summed E-state index contributed by atoms with van der Waals surface area (Å²) in [5.74, 6) is 0.413. The minimum Gasteiger partial charge on any atom is -0.385 e. The van der Waals surface area contributed by atoms with E-state index in [2.05, 4.69) is 5.32 Å². The van der Waals surface area contributed by atoms with Gasteiger partial charge in [-0.2, -0.15) is 13.2 Å². The van der Waals surface area contributed by atoms with Crippen LogP contribution in [0.1, 0.15) is 31.2 Å². The van der Waals surface area contributed by atoms with E-state index in [-0.39, 0.29) is 6.04 Å². The van der Waals surface area contributed by atoms with Crippen molar-refractivity contribution in [1.29, 1.82) is 0 Å². The molecule has 0 bridgehead atoms. The second-order valence-corrected chi connectivity index (χ2v) is 5.16. The zero-order valence-corrected chi connectivity index (χ0v) is 10.7. The summed E-state index contributed by atoms with van der Waals surface area (Å²) in [5.41, 5.74) is 6.13. The van der Waals surface area contributed by atoms with E-state index >= 15 is 0 Å². The van der Waals surface area contributed by atoms with Gasteiger partial charge in [-0.1, -0.05) is 12.8 Å². The van der Waals surface area contributed by atoms with E-state index in [9.17, 15) is 13.2 Å². The molecule has 3 N–H and O–H groups in total. The van der Waals surface area contributed by atoms with Crippen molar-refractivity contribution in [2.75, 3.05) is 11.9 Å². The van der Waals surface area contributed by atoms with Crippen LogP contribution in [0.15, 0.2) is 24.3 Å². The maximum Gasteiger partial charge on any atom is 0.416 e. The number of hydrogen-bond acceptors (Lipinski definition) is 2. The Bertz CT molecular complexity index is 400. The van der Waals surface area contributed by atoms with E-state index in [0.29, 0.717) is 11.6 Å². The average Bonchev–Trinajstić information content (AvgIpc) is 2.37. The van der Waals surface area contributed by atoms with Gasteiger partial charge < -0.3 is 11.1 Å². The number of nitrogens with two attached hydrogens (primary N) is 1. The highest BCUT2D eigenvalue weighted by Gasteiger charge is 2.30. The summed E-state index contributed by atoms with van der Waals surface area (Å²) in [6.45, 7) is 0.729. The molecule has 5 heteroatoms. The molecule has 0 heterocycles. The monoisotopic (exact) mass is 272 g/mol. The Morgan fingerprint density at radius 3 is 2.32 bits per heavy atom. The van der Waals surface area contributed by atoms with Gasteiger partial charge in [-0.15, -0.1) is 0 Å². The van der Waals surface area contributed by atoms with Crippen molar-refractivity contribution >= 4 is 5.69 Å². The topological polar surface area (TPSA) is 38.0 Å². The van der Waals surface area contributed by atoms with E-state index in [1.165, 1.54) is 25.0 Å². The van der Waals surface area contributed by atoms with Gasteiger partial charge in [-0.3, -0.25) is 0 Å². The first-order valence-corrected chi connectivity index (χ1v) is 6.63. The average molecular weight is 272 g/mol. The Balaban J connectivity index is 1.89. The van der Waals surface area contributed by atoms with Crippen molar-refractivity contribution in [3.05, 3.63) is 29.8 Å². The largest absolute Gasteiger partial charge is 0.416 e. The summed E-state index contributed by atoms with van der Waals surface area (Å²) in [5, 5.41) is 3.18. The Morgan fingerprint density at radius 2 is 1.74 bits per heavy atom. The molecule has 2 rings (SSSR count). The van der Waals surface area contributed by atoms with Crippen LogP contribution in [0.4, 0.5) is 18.9 Å². The van der Waals surface area contributed by atoms with Crippen LogP contribution in [0.5, 0.6) is 0 Å². The van der Waals surface area contributed by atoms with Crippen LogP contribution >= 0.6 is 0 Å². The Hall–Kier alpha value is -1.23. The molecule has 1 aliphatic rings. The molecule has 1 saturated carbocycles. The number of anilines is 1. The highest BCUT2D eigenvalue weighted by molar-refractivity contribution is 5.45. The third kappa shape index (κ3) is 3.86. The standard InChI is InChI=1S/C14H19F3N2/c15-14(16,17)11-5-7-12(8-6-11)19-9-10-3-1-2-4-13(10)18/h5-8,10,13,19H,1-4,9,18H2. The predicted octanol–water partition coefficient (Wildman–Crippen LogP) is 3.63. The zero-order valence-electron chi connectivity index (χ0n) is 10.7. The molecule has 1 aliphatic carbocycles. The van der Waals surface area contributed by atoms with Gasteiger partial charge in [-0.25, -0.2) is 0 Å². The van der Waals surface area contributed by atoms with Crippen molar-refractivity contribution in [2.24, 2.45) is 11.7 Å². The normalized spacial score (nSPS) is 24.2. The Morgan fingerprint density at radius 1 is 1.11 bits per heavy atom. The third-order valence-electron chi connectivity index (χ3n) is 3.75. The Kier molecular flexibility index (Phi) is 4.34. The van der Waals surface area contributed by atoms with Crippen molar-refractivity contribution < 1.29 is 13.2 Å². The molecule has 0 aliphatic heterocycles. The first-order valence-electron chi connectivity index (χ1n) is 6.63. The number of hydrogen-bond donors (Lipinski definition) is 2. The van der Waals surface area contributed by atoms with E-state index in [4.69, 9.17) is 5.73 Å². The van der Waals surface area contributed by atoms with E-state index in [1.54, 1.807) is 0 Å². The van der Waals surface area contributed by atoms with Crippen LogP contribution in [0.25, 0.3) is 0 Å². The summed E-state index contributed by atoms with van der Waals surface area (Å²) in [4.78, 5) is 0. The lowest BCUT2D eigenvalue weighted by Gasteiger charge is -2.29. The first-order chi connectivity index (χ1) is 8.97. The molecule has 0 radical (unpaired) electrons. The molecule has 19 heavy (non-hydrogen) atoms. The smallest absolute Gasteiger partial charge is 0.385 e. The SMILES string of the molecule is NC1CCCCC1CNc1ccc(C(F)(F)F)cc1. The van der Waals surface area contributed by atoms with Gasteiger partial charge in [0.25, 0.3) is 0 Å². The molecular formula is C14H19F3N2. The van der Waals surface area contributed by atoms with Gasteiger partial charge in [0.1, 0.15) is 0 Å². The molecule has 1 aromatic rings. The fraction of sp³-hybridized carbons (Fsp3) is 0.571. The minimum absolute atomic E-state index is 0.204. The maximum absolute atomic E-state index is 12.4. The highest BCUT2D eigenvalue weighted by Crippen LogP contribution is 2.30. The van der Waals surface area contributed by atoms with Crippen LogP contribution in [0.3, 0.4) is 0 Å².